The molecule has 2 rings (SSSR count). The van der Waals surface area contributed by atoms with Gasteiger partial charge in [-0.05, 0) is 12.1 Å². The van der Waals surface area contributed by atoms with Gasteiger partial charge >= 0.3 is 0 Å². The zero-order chi connectivity index (χ0) is 13.1. The smallest absolute Gasteiger partial charge is 0.269 e. The van der Waals surface area contributed by atoms with Crippen molar-refractivity contribution in [2.24, 2.45) is 0 Å². The minimum atomic E-state index is -0.629. The Labute approximate surface area is 113 Å². The molecule has 0 atom stereocenters. The van der Waals surface area contributed by atoms with E-state index in [-0.39, 0.29) is 18.9 Å². The minimum Gasteiger partial charge on any atom is -0.343 e. The molecule has 1 aromatic rings. The van der Waals surface area contributed by atoms with E-state index < -0.39 is 11.2 Å². The molecule has 0 fully saturated rings. The Kier molecular flexibility index (Phi) is 4.19. The third-order valence-electron chi connectivity index (χ3n) is 2.39. The highest BCUT2D eigenvalue weighted by Gasteiger charge is 2.19. The van der Waals surface area contributed by atoms with E-state index >= 15 is 0 Å². The van der Waals surface area contributed by atoms with Crippen LogP contribution in [0.15, 0.2) is 34.3 Å². The van der Waals surface area contributed by atoms with Crippen molar-refractivity contribution in [3.8, 4) is 0 Å². The molecule has 0 N–H and O–H groups in total. The van der Waals surface area contributed by atoms with Crippen molar-refractivity contribution in [2.45, 2.75) is 6.29 Å². The predicted molar refractivity (Wildman–Crippen MR) is 66.5 cm³/mol. The predicted octanol–water partition coefficient (Wildman–Crippen LogP) is 3.33. The summed E-state index contributed by atoms with van der Waals surface area (Å²) in [5, 5.41) is 11.3. The molecule has 0 amide bonds. The highest BCUT2D eigenvalue weighted by molar-refractivity contribution is 6.39. The van der Waals surface area contributed by atoms with Gasteiger partial charge in [0.25, 0.3) is 5.69 Å². The van der Waals surface area contributed by atoms with Crippen LogP contribution in [0.5, 0.6) is 0 Å². The maximum atomic E-state index is 10.5. The highest BCUT2D eigenvalue weighted by Crippen LogP contribution is 2.28. The number of ether oxygens (including phenoxy) is 2. The molecule has 1 aliphatic rings. The van der Waals surface area contributed by atoms with E-state index in [1.165, 1.54) is 12.1 Å². The molecule has 0 spiro atoms. The maximum absolute atomic E-state index is 10.5. The number of nitro groups is 1. The van der Waals surface area contributed by atoms with Gasteiger partial charge in [0.1, 0.15) is 0 Å². The Morgan fingerprint density at radius 1 is 1.11 bits per heavy atom. The second kappa shape index (κ2) is 5.67. The zero-order valence-corrected chi connectivity index (χ0v) is 10.6. The van der Waals surface area contributed by atoms with Crippen LogP contribution >= 0.6 is 23.2 Å². The van der Waals surface area contributed by atoms with Crippen LogP contribution in [0.1, 0.15) is 11.9 Å². The van der Waals surface area contributed by atoms with Gasteiger partial charge in [0, 0.05) is 17.7 Å². The first-order valence-electron chi connectivity index (χ1n) is 5.08. The molecule has 1 aromatic carbocycles. The fourth-order valence-electron chi connectivity index (χ4n) is 1.45. The lowest BCUT2D eigenvalue weighted by atomic mass is 10.2. The Morgan fingerprint density at radius 3 is 2.06 bits per heavy atom. The first-order chi connectivity index (χ1) is 8.58. The third-order valence-corrected chi connectivity index (χ3v) is 3.16. The summed E-state index contributed by atoms with van der Waals surface area (Å²) in [6, 6.07) is 5.94. The lowest BCUT2D eigenvalue weighted by Gasteiger charge is -2.15. The van der Waals surface area contributed by atoms with Crippen molar-refractivity contribution in [3.63, 3.8) is 0 Å². The minimum absolute atomic E-state index is 0.0153. The molecule has 1 aliphatic heterocycles. The second-order valence-corrected chi connectivity index (χ2v) is 4.52. The van der Waals surface area contributed by atoms with Gasteiger partial charge in [-0.3, -0.25) is 10.1 Å². The molecule has 96 valence electrons. The average molecular weight is 290 g/mol. The molecule has 0 saturated carbocycles. The molecule has 0 aromatic heterocycles. The first kappa shape index (κ1) is 13.3. The van der Waals surface area contributed by atoms with Crippen LogP contribution in [0.25, 0.3) is 0 Å². The van der Waals surface area contributed by atoms with Gasteiger partial charge in [-0.2, -0.15) is 0 Å². The van der Waals surface area contributed by atoms with E-state index in [1.54, 1.807) is 12.1 Å². The van der Waals surface area contributed by atoms with Crippen LogP contribution in [0.2, 0.25) is 0 Å². The normalized spacial score (nSPS) is 17.7. The van der Waals surface area contributed by atoms with Crippen molar-refractivity contribution in [2.75, 3.05) is 13.2 Å². The molecule has 0 radical (unpaired) electrons. The summed E-state index contributed by atoms with van der Waals surface area (Å²) in [4.78, 5) is 10.1. The quantitative estimate of drug-likeness (QED) is 0.619. The molecular weight excluding hydrogens is 281 g/mol. The van der Waals surface area contributed by atoms with Gasteiger partial charge in [0.05, 0.1) is 28.2 Å². The van der Waals surface area contributed by atoms with Crippen molar-refractivity contribution >= 4 is 28.9 Å². The summed E-state index contributed by atoms with van der Waals surface area (Å²) in [5.41, 5.74) is 0.693. The van der Waals surface area contributed by atoms with Gasteiger partial charge < -0.3 is 9.47 Å². The van der Waals surface area contributed by atoms with Gasteiger partial charge in [-0.15, -0.1) is 0 Å². The SMILES string of the molecule is O=[N+]([O-])c1ccc(C2OCC(Cl)=C(Cl)CO2)cc1. The molecule has 0 bridgehead atoms. The third kappa shape index (κ3) is 3.00. The summed E-state index contributed by atoms with van der Waals surface area (Å²) >= 11 is 11.7. The molecular formula is C11H9Cl2NO4. The Morgan fingerprint density at radius 2 is 1.61 bits per heavy atom. The number of nitrogens with zero attached hydrogens (tertiary/aromatic N) is 1. The average Bonchev–Trinajstić information content (AvgIpc) is 2.53. The van der Waals surface area contributed by atoms with E-state index in [2.05, 4.69) is 0 Å². The number of hydrogen-bond acceptors (Lipinski definition) is 4. The van der Waals surface area contributed by atoms with Crippen LogP contribution in [0.3, 0.4) is 0 Å². The largest absolute Gasteiger partial charge is 0.343 e. The molecule has 0 unspecified atom stereocenters. The van der Waals surface area contributed by atoms with Gasteiger partial charge in [-0.1, -0.05) is 23.2 Å². The zero-order valence-electron chi connectivity index (χ0n) is 9.14. The second-order valence-electron chi connectivity index (χ2n) is 3.61. The van der Waals surface area contributed by atoms with E-state index in [1.807, 2.05) is 0 Å². The summed E-state index contributed by atoms with van der Waals surface area (Å²) in [6.07, 6.45) is -0.629. The molecule has 18 heavy (non-hydrogen) atoms. The Balaban J connectivity index is 2.11. The van der Waals surface area contributed by atoms with Crippen molar-refractivity contribution in [1.82, 2.24) is 0 Å². The fraction of sp³-hybridized carbons (Fsp3) is 0.273. The van der Waals surface area contributed by atoms with Crippen molar-refractivity contribution < 1.29 is 14.4 Å². The lowest BCUT2D eigenvalue weighted by molar-refractivity contribution is -0.384. The fourth-order valence-corrected chi connectivity index (χ4v) is 1.68. The summed E-state index contributed by atoms with van der Waals surface area (Å²) in [5.74, 6) is 0. The number of rotatable bonds is 2. The number of nitro benzene ring substituents is 1. The molecule has 5 nitrogen and oxygen atoms in total. The van der Waals surface area contributed by atoms with Crippen LogP contribution in [0, 0.1) is 10.1 Å². The first-order valence-corrected chi connectivity index (χ1v) is 5.84. The maximum Gasteiger partial charge on any atom is 0.269 e. The van der Waals surface area contributed by atoms with E-state index in [4.69, 9.17) is 32.7 Å². The monoisotopic (exact) mass is 289 g/mol. The van der Waals surface area contributed by atoms with Crippen LogP contribution in [0.4, 0.5) is 5.69 Å². The summed E-state index contributed by atoms with van der Waals surface area (Å²) < 4.78 is 10.8. The number of hydrogen-bond donors (Lipinski definition) is 0. The molecule has 0 aliphatic carbocycles. The van der Waals surface area contributed by atoms with Crippen LogP contribution in [-0.4, -0.2) is 18.1 Å². The van der Waals surface area contributed by atoms with Crippen molar-refractivity contribution in [1.29, 1.82) is 0 Å². The van der Waals surface area contributed by atoms with E-state index in [0.29, 0.717) is 15.6 Å². The van der Waals surface area contributed by atoms with Crippen LogP contribution < -0.4 is 0 Å². The van der Waals surface area contributed by atoms with Gasteiger partial charge in [0.2, 0.25) is 0 Å². The molecule has 7 heteroatoms. The number of halogens is 2. The molecule has 1 heterocycles. The number of non-ortho nitro benzene ring substituents is 1. The standard InChI is InChI=1S/C11H9Cl2NO4/c12-9-5-17-11(18-6-10(9)13)7-1-3-8(4-2-7)14(15)16/h1-4,11H,5-6H2. The molecule has 0 saturated heterocycles. The van der Waals surface area contributed by atoms with E-state index in [9.17, 15) is 10.1 Å². The van der Waals surface area contributed by atoms with E-state index in [0.717, 1.165) is 0 Å². The van der Waals surface area contributed by atoms with Gasteiger partial charge in [0.15, 0.2) is 6.29 Å². The lowest BCUT2D eigenvalue weighted by Crippen LogP contribution is -2.07. The summed E-state index contributed by atoms with van der Waals surface area (Å²) in [6.45, 7) is 0.310. The number of benzene rings is 1. The summed E-state index contributed by atoms with van der Waals surface area (Å²) in [7, 11) is 0. The Bertz CT molecular complexity index is 470. The van der Waals surface area contributed by atoms with Gasteiger partial charge in [-0.25, -0.2) is 0 Å². The topological polar surface area (TPSA) is 61.6 Å². The Hall–Kier alpha value is -1.14. The van der Waals surface area contributed by atoms with Crippen molar-refractivity contribution in [3.05, 3.63) is 50.0 Å². The highest BCUT2D eigenvalue weighted by atomic mass is 35.5. The van der Waals surface area contributed by atoms with Crippen LogP contribution in [-0.2, 0) is 9.47 Å².